The average molecular weight is 324 g/mol. The lowest BCUT2D eigenvalue weighted by molar-refractivity contribution is 0.0514. The number of ether oxygens (including phenoxy) is 2. The van der Waals surface area contributed by atoms with E-state index in [-0.39, 0.29) is 11.8 Å². The second-order valence-electron chi connectivity index (χ2n) is 5.60. The number of Topliss-reactive ketones (excluding diaryl/α,β-unsaturated/α-hetero) is 1. The van der Waals surface area contributed by atoms with Crippen LogP contribution in [0.1, 0.15) is 52.4 Å². The monoisotopic (exact) mass is 324 g/mol. The topological polar surface area (TPSA) is 69.6 Å². The lowest BCUT2D eigenvalue weighted by atomic mass is 10.0. The summed E-state index contributed by atoms with van der Waals surface area (Å²) in [6, 6.07) is -0.318. The zero-order valence-electron chi connectivity index (χ0n) is 15.0. The molecule has 1 unspecified atom stereocenters. The van der Waals surface area contributed by atoms with Crippen LogP contribution in [-0.4, -0.2) is 49.2 Å². The zero-order valence-corrected chi connectivity index (χ0v) is 15.0. The Hall–Kier alpha value is -1.66. The van der Waals surface area contributed by atoms with Crippen molar-refractivity contribution in [1.29, 1.82) is 0 Å². The summed E-state index contributed by atoms with van der Waals surface area (Å²) in [7, 11) is 3.43. The van der Waals surface area contributed by atoms with E-state index in [1.54, 1.807) is 32.6 Å². The Balaban J connectivity index is 2.97. The van der Waals surface area contributed by atoms with Gasteiger partial charge in [-0.1, -0.05) is 0 Å². The van der Waals surface area contributed by atoms with Crippen LogP contribution in [0.5, 0.6) is 0 Å². The van der Waals surface area contributed by atoms with Gasteiger partial charge in [0.15, 0.2) is 5.78 Å². The molecular formula is C17H28N2O4. The minimum atomic E-state index is -0.393. The van der Waals surface area contributed by atoms with E-state index in [1.807, 2.05) is 13.8 Å². The molecule has 1 rings (SSSR count). The minimum absolute atomic E-state index is 0.0106. The number of aromatic nitrogens is 1. The Morgan fingerprint density at radius 3 is 2.52 bits per heavy atom. The maximum Gasteiger partial charge on any atom is 0.355 e. The summed E-state index contributed by atoms with van der Waals surface area (Å²) in [5.41, 5.74) is 2.50. The van der Waals surface area contributed by atoms with Crippen LogP contribution in [0.3, 0.4) is 0 Å². The van der Waals surface area contributed by atoms with Gasteiger partial charge in [-0.25, -0.2) is 4.79 Å². The predicted octanol–water partition coefficient (Wildman–Crippen LogP) is 2.02. The van der Waals surface area contributed by atoms with Crippen molar-refractivity contribution in [2.45, 2.75) is 40.2 Å². The fourth-order valence-electron chi connectivity index (χ4n) is 2.67. The van der Waals surface area contributed by atoms with Crippen molar-refractivity contribution in [2.75, 3.05) is 26.9 Å². The molecule has 1 atom stereocenters. The van der Waals surface area contributed by atoms with Crippen molar-refractivity contribution in [2.24, 2.45) is 7.05 Å². The highest BCUT2D eigenvalue weighted by atomic mass is 16.5. The fraction of sp³-hybridized carbons (Fsp3) is 0.647. The molecule has 6 nitrogen and oxygen atoms in total. The number of carbonyl (C=O) groups is 2. The molecular weight excluding hydrogens is 296 g/mol. The van der Waals surface area contributed by atoms with Crippen molar-refractivity contribution >= 4 is 11.8 Å². The second-order valence-corrected chi connectivity index (χ2v) is 5.60. The molecule has 0 saturated carbocycles. The van der Waals surface area contributed by atoms with Crippen molar-refractivity contribution in [1.82, 2.24) is 9.88 Å². The molecule has 130 valence electrons. The van der Waals surface area contributed by atoms with Gasteiger partial charge in [-0.2, -0.15) is 0 Å². The van der Waals surface area contributed by atoms with E-state index in [0.29, 0.717) is 36.6 Å². The molecule has 6 heteroatoms. The van der Waals surface area contributed by atoms with Gasteiger partial charge in [-0.05, 0) is 46.2 Å². The number of carbonyl (C=O) groups excluding carboxylic acids is 2. The van der Waals surface area contributed by atoms with Crippen LogP contribution in [-0.2, 0) is 16.5 Å². The minimum Gasteiger partial charge on any atom is -0.461 e. The molecule has 0 fully saturated rings. The van der Waals surface area contributed by atoms with Crippen LogP contribution < -0.4 is 5.32 Å². The van der Waals surface area contributed by atoms with Crippen molar-refractivity contribution in [3.63, 3.8) is 0 Å². The van der Waals surface area contributed by atoms with Crippen LogP contribution in [0.15, 0.2) is 0 Å². The van der Waals surface area contributed by atoms with Crippen LogP contribution in [0.2, 0.25) is 0 Å². The summed E-state index contributed by atoms with van der Waals surface area (Å²) >= 11 is 0. The van der Waals surface area contributed by atoms with Crippen molar-refractivity contribution in [3.8, 4) is 0 Å². The standard InChI is InChI=1S/C17H28N2O4/c1-7-23-17(21)15-11(2)14(13(4)19(15)5)16(20)12(3)18-9-8-10-22-6/h12,18H,7-10H2,1-6H3. The molecule has 23 heavy (non-hydrogen) atoms. The van der Waals surface area contributed by atoms with Crippen molar-refractivity contribution in [3.05, 3.63) is 22.5 Å². The van der Waals surface area contributed by atoms with Gasteiger partial charge in [0.25, 0.3) is 0 Å². The number of methoxy groups -OCH3 is 1. The summed E-state index contributed by atoms with van der Waals surface area (Å²) in [5, 5.41) is 3.20. The van der Waals surface area contributed by atoms with Gasteiger partial charge in [0.05, 0.1) is 12.6 Å². The largest absolute Gasteiger partial charge is 0.461 e. The quantitative estimate of drug-likeness (QED) is 0.427. The SMILES string of the molecule is CCOC(=O)c1c(C)c(C(=O)C(C)NCCCOC)c(C)n1C. The highest BCUT2D eigenvalue weighted by molar-refractivity contribution is 6.05. The van der Waals surface area contributed by atoms with E-state index < -0.39 is 5.97 Å². The van der Waals surface area contributed by atoms with E-state index in [0.717, 1.165) is 12.1 Å². The second kappa shape index (κ2) is 8.84. The van der Waals surface area contributed by atoms with Crippen LogP contribution in [0.4, 0.5) is 0 Å². The fourth-order valence-corrected chi connectivity index (χ4v) is 2.67. The first-order valence-corrected chi connectivity index (χ1v) is 7.96. The molecule has 0 aliphatic rings. The third-order valence-corrected chi connectivity index (χ3v) is 4.01. The van der Waals surface area contributed by atoms with E-state index in [9.17, 15) is 9.59 Å². The molecule has 0 spiro atoms. The number of esters is 1. The smallest absolute Gasteiger partial charge is 0.355 e. The van der Waals surface area contributed by atoms with E-state index >= 15 is 0 Å². The van der Waals surface area contributed by atoms with Gasteiger partial charge in [0.1, 0.15) is 5.69 Å². The molecule has 0 aliphatic heterocycles. The van der Waals surface area contributed by atoms with Gasteiger partial charge in [-0.15, -0.1) is 0 Å². The van der Waals surface area contributed by atoms with E-state index in [2.05, 4.69) is 5.32 Å². The highest BCUT2D eigenvalue weighted by Crippen LogP contribution is 2.23. The van der Waals surface area contributed by atoms with Crippen molar-refractivity contribution < 1.29 is 19.1 Å². The molecule has 1 heterocycles. The van der Waals surface area contributed by atoms with Crippen LogP contribution >= 0.6 is 0 Å². The van der Waals surface area contributed by atoms with Crippen LogP contribution in [0, 0.1) is 13.8 Å². The number of nitrogens with zero attached hydrogens (tertiary/aromatic N) is 1. The summed E-state index contributed by atoms with van der Waals surface area (Å²) in [6.45, 7) is 8.92. The number of hydrogen-bond donors (Lipinski definition) is 1. The van der Waals surface area contributed by atoms with E-state index in [4.69, 9.17) is 9.47 Å². The average Bonchev–Trinajstić information content (AvgIpc) is 2.73. The third kappa shape index (κ3) is 4.42. The molecule has 0 aromatic carbocycles. The molecule has 1 aromatic heterocycles. The van der Waals surface area contributed by atoms with Gasteiger partial charge < -0.3 is 19.4 Å². The van der Waals surface area contributed by atoms with Gasteiger partial charge >= 0.3 is 5.97 Å². The van der Waals surface area contributed by atoms with Gasteiger partial charge in [-0.3, -0.25) is 4.79 Å². The number of ketones is 1. The first-order chi connectivity index (χ1) is 10.9. The lowest BCUT2D eigenvalue weighted by Crippen LogP contribution is -2.35. The first-order valence-electron chi connectivity index (χ1n) is 7.96. The summed E-state index contributed by atoms with van der Waals surface area (Å²) in [5.74, 6) is -0.404. The lowest BCUT2D eigenvalue weighted by Gasteiger charge is -2.13. The van der Waals surface area contributed by atoms with E-state index in [1.165, 1.54) is 0 Å². The predicted molar refractivity (Wildman–Crippen MR) is 89.1 cm³/mol. The molecule has 1 aromatic rings. The Kier molecular flexibility index (Phi) is 7.45. The number of rotatable bonds is 9. The molecule has 1 N–H and O–H groups in total. The van der Waals surface area contributed by atoms with Crippen LogP contribution in [0.25, 0.3) is 0 Å². The molecule has 0 saturated heterocycles. The summed E-state index contributed by atoms with van der Waals surface area (Å²) in [6.07, 6.45) is 0.842. The number of hydrogen-bond acceptors (Lipinski definition) is 5. The highest BCUT2D eigenvalue weighted by Gasteiger charge is 2.27. The Labute approximate surface area is 138 Å². The molecule has 0 amide bonds. The third-order valence-electron chi connectivity index (χ3n) is 4.01. The number of nitrogens with one attached hydrogen (secondary N) is 1. The first kappa shape index (κ1) is 19.4. The normalized spacial score (nSPS) is 12.3. The Bertz CT molecular complexity index is 563. The molecule has 0 aliphatic carbocycles. The maximum atomic E-state index is 12.7. The maximum absolute atomic E-state index is 12.7. The molecule has 0 radical (unpaired) electrons. The van der Waals surface area contributed by atoms with Gasteiger partial charge in [0, 0.05) is 32.0 Å². The summed E-state index contributed by atoms with van der Waals surface area (Å²) < 4.78 is 11.8. The summed E-state index contributed by atoms with van der Waals surface area (Å²) in [4.78, 5) is 24.8. The Morgan fingerprint density at radius 2 is 1.96 bits per heavy atom. The van der Waals surface area contributed by atoms with Gasteiger partial charge in [0.2, 0.25) is 0 Å². The Morgan fingerprint density at radius 1 is 1.30 bits per heavy atom. The zero-order chi connectivity index (χ0) is 17.6. The molecule has 0 bridgehead atoms.